The number of benzene rings is 1. The minimum Gasteiger partial charge on any atom is -0.372 e. The zero-order chi connectivity index (χ0) is 10.4. The summed E-state index contributed by atoms with van der Waals surface area (Å²) in [6.45, 7) is 2.26. The highest BCUT2D eigenvalue weighted by Gasteiger charge is 2.04. The van der Waals surface area contributed by atoms with Gasteiger partial charge in [-0.3, -0.25) is 0 Å². The Bertz CT molecular complexity index is 396. The number of nitrogens with one attached hydrogen (secondary N) is 1. The molecular weight excluding hydrogens is 174 g/mol. The van der Waals surface area contributed by atoms with Crippen molar-refractivity contribution in [2.75, 3.05) is 11.9 Å². The Balaban J connectivity index is 3.05. The molecule has 14 heavy (non-hydrogen) atoms. The molecule has 3 nitrogen and oxygen atoms in total. The summed E-state index contributed by atoms with van der Waals surface area (Å²) >= 11 is 0. The van der Waals surface area contributed by atoms with E-state index < -0.39 is 0 Å². The number of nitriles is 2. The molecule has 1 rings (SSSR count). The molecular formula is C11H11N3. The Hall–Kier alpha value is -2.00. The van der Waals surface area contributed by atoms with Crippen molar-refractivity contribution in [3.8, 4) is 12.1 Å². The van der Waals surface area contributed by atoms with Crippen LogP contribution in [-0.2, 0) is 6.42 Å². The zero-order valence-electron chi connectivity index (χ0n) is 8.04. The Morgan fingerprint density at radius 2 is 2.14 bits per heavy atom. The molecule has 0 fully saturated rings. The molecule has 3 heteroatoms. The highest BCUT2D eigenvalue weighted by Crippen LogP contribution is 2.19. The van der Waals surface area contributed by atoms with E-state index in [1.807, 2.05) is 25.1 Å². The van der Waals surface area contributed by atoms with E-state index in [1.54, 1.807) is 6.07 Å². The van der Waals surface area contributed by atoms with Gasteiger partial charge in [0, 0.05) is 5.69 Å². The van der Waals surface area contributed by atoms with Gasteiger partial charge in [0.2, 0.25) is 0 Å². The maximum absolute atomic E-state index is 8.86. The molecule has 0 aromatic heterocycles. The third-order valence-electron chi connectivity index (χ3n) is 2.01. The molecule has 70 valence electrons. The van der Waals surface area contributed by atoms with Gasteiger partial charge in [0.15, 0.2) is 0 Å². The first-order valence-electron chi connectivity index (χ1n) is 4.46. The highest BCUT2D eigenvalue weighted by atomic mass is 14.9. The fraction of sp³-hybridized carbons (Fsp3) is 0.273. The van der Waals surface area contributed by atoms with Crippen LogP contribution in [0.2, 0.25) is 0 Å². The predicted octanol–water partition coefficient (Wildman–Crippen LogP) is 2.06. The first-order valence-corrected chi connectivity index (χ1v) is 4.46. The van der Waals surface area contributed by atoms with E-state index in [0.717, 1.165) is 17.7 Å². The third-order valence-corrected chi connectivity index (χ3v) is 2.01. The van der Waals surface area contributed by atoms with Crippen LogP contribution < -0.4 is 5.32 Å². The van der Waals surface area contributed by atoms with Crippen molar-refractivity contribution in [1.29, 1.82) is 10.5 Å². The molecule has 1 aromatic rings. The molecule has 0 aliphatic rings. The van der Waals surface area contributed by atoms with E-state index in [-0.39, 0.29) is 6.54 Å². The minimum atomic E-state index is 0.266. The molecule has 1 N–H and O–H groups in total. The number of rotatable bonds is 3. The van der Waals surface area contributed by atoms with Crippen LogP contribution in [0.25, 0.3) is 0 Å². The molecule has 0 radical (unpaired) electrons. The smallest absolute Gasteiger partial charge is 0.103 e. The van der Waals surface area contributed by atoms with Crippen LogP contribution in [0.4, 0.5) is 5.69 Å². The maximum Gasteiger partial charge on any atom is 0.103 e. The van der Waals surface area contributed by atoms with Crippen LogP contribution >= 0.6 is 0 Å². The Morgan fingerprint density at radius 3 is 2.71 bits per heavy atom. The van der Waals surface area contributed by atoms with E-state index in [1.165, 1.54) is 0 Å². The lowest BCUT2D eigenvalue weighted by Crippen LogP contribution is -2.03. The van der Waals surface area contributed by atoms with Gasteiger partial charge in [-0.15, -0.1) is 0 Å². The molecule has 0 heterocycles. The molecule has 0 atom stereocenters. The summed E-state index contributed by atoms with van der Waals surface area (Å²) in [5.41, 5.74) is 2.54. The lowest BCUT2D eigenvalue weighted by Gasteiger charge is -2.09. The van der Waals surface area contributed by atoms with Gasteiger partial charge in [-0.2, -0.15) is 10.5 Å². The fourth-order valence-corrected chi connectivity index (χ4v) is 1.37. The van der Waals surface area contributed by atoms with Crippen LogP contribution in [0.3, 0.4) is 0 Å². The molecule has 0 saturated heterocycles. The second-order valence-corrected chi connectivity index (χ2v) is 2.81. The standard InChI is InChI=1S/C11H11N3/c1-2-10-9(8-13)4-3-5-11(10)14-7-6-12/h3-5,14H,2,7H2,1H3. The Morgan fingerprint density at radius 1 is 1.36 bits per heavy atom. The van der Waals surface area contributed by atoms with Gasteiger partial charge in [0.1, 0.15) is 6.54 Å². The van der Waals surface area contributed by atoms with E-state index >= 15 is 0 Å². The van der Waals surface area contributed by atoms with Crippen LogP contribution in [-0.4, -0.2) is 6.54 Å². The quantitative estimate of drug-likeness (QED) is 0.733. The summed E-state index contributed by atoms with van der Waals surface area (Å²) in [6, 6.07) is 9.64. The molecule has 0 spiro atoms. The lowest BCUT2D eigenvalue weighted by molar-refractivity contribution is 1.12. The van der Waals surface area contributed by atoms with E-state index in [4.69, 9.17) is 10.5 Å². The average Bonchev–Trinajstić information content (AvgIpc) is 2.25. The van der Waals surface area contributed by atoms with Gasteiger partial charge in [-0.25, -0.2) is 0 Å². The molecule has 0 saturated carbocycles. The Kier molecular flexibility index (Phi) is 3.52. The van der Waals surface area contributed by atoms with Gasteiger partial charge < -0.3 is 5.32 Å². The van der Waals surface area contributed by atoms with Crippen LogP contribution in [0.1, 0.15) is 18.1 Å². The summed E-state index contributed by atoms with van der Waals surface area (Å²) in [6.07, 6.45) is 0.789. The number of hydrogen-bond acceptors (Lipinski definition) is 3. The average molecular weight is 185 g/mol. The molecule has 0 bridgehead atoms. The van der Waals surface area contributed by atoms with Crippen LogP contribution in [0.15, 0.2) is 18.2 Å². The summed E-state index contributed by atoms with van der Waals surface area (Å²) in [4.78, 5) is 0. The summed E-state index contributed by atoms with van der Waals surface area (Å²) < 4.78 is 0. The van der Waals surface area contributed by atoms with Crippen molar-refractivity contribution >= 4 is 5.69 Å². The van der Waals surface area contributed by atoms with Gasteiger partial charge in [-0.05, 0) is 24.1 Å². The predicted molar refractivity (Wildman–Crippen MR) is 54.6 cm³/mol. The van der Waals surface area contributed by atoms with Gasteiger partial charge >= 0.3 is 0 Å². The lowest BCUT2D eigenvalue weighted by atomic mass is 10.0. The second kappa shape index (κ2) is 4.89. The zero-order valence-corrected chi connectivity index (χ0v) is 8.04. The van der Waals surface area contributed by atoms with Crippen molar-refractivity contribution in [3.05, 3.63) is 29.3 Å². The van der Waals surface area contributed by atoms with Crippen LogP contribution in [0, 0.1) is 22.7 Å². The first kappa shape index (κ1) is 10.1. The maximum atomic E-state index is 8.86. The number of hydrogen-bond donors (Lipinski definition) is 1. The molecule has 0 unspecified atom stereocenters. The van der Waals surface area contributed by atoms with Gasteiger partial charge in [-0.1, -0.05) is 13.0 Å². The number of nitrogens with zero attached hydrogens (tertiary/aromatic N) is 2. The SMILES string of the molecule is CCc1c(C#N)cccc1NCC#N. The van der Waals surface area contributed by atoms with Crippen molar-refractivity contribution in [3.63, 3.8) is 0 Å². The number of anilines is 1. The summed E-state index contributed by atoms with van der Waals surface area (Å²) in [5, 5.41) is 20.3. The van der Waals surface area contributed by atoms with E-state index in [9.17, 15) is 0 Å². The molecule has 0 aliphatic carbocycles. The summed E-state index contributed by atoms with van der Waals surface area (Å²) in [5.74, 6) is 0. The second-order valence-electron chi connectivity index (χ2n) is 2.81. The van der Waals surface area contributed by atoms with Gasteiger partial charge in [0.05, 0.1) is 17.7 Å². The molecule has 0 amide bonds. The molecule has 1 aromatic carbocycles. The highest BCUT2D eigenvalue weighted by molar-refractivity contribution is 5.58. The van der Waals surface area contributed by atoms with E-state index in [2.05, 4.69) is 11.4 Å². The normalized spacial score (nSPS) is 8.79. The Labute approximate surface area is 83.6 Å². The van der Waals surface area contributed by atoms with Crippen LogP contribution in [0.5, 0.6) is 0 Å². The molecule has 0 aliphatic heterocycles. The first-order chi connectivity index (χ1) is 6.83. The fourth-order valence-electron chi connectivity index (χ4n) is 1.37. The van der Waals surface area contributed by atoms with Gasteiger partial charge in [0.25, 0.3) is 0 Å². The third kappa shape index (κ3) is 2.02. The summed E-state index contributed by atoms with van der Waals surface area (Å²) in [7, 11) is 0. The topological polar surface area (TPSA) is 59.6 Å². The van der Waals surface area contributed by atoms with Crippen molar-refractivity contribution in [2.45, 2.75) is 13.3 Å². The van der Waals surface area contributed by atoms with Crippen molar-refractivity contribution in [2.24, 2.45) is 0 Å². The van der Waals surface area contributed by atoms with E-state index in [0.29, 0.717) is 5.56 Å². The minimum absolute atomic E-state index is 0.266. The van der Waals surface area contributed by atoms with Crippen molar-refractivity contribution in [1.82, 2.24) is 0 Å². The largest absolute Gasteiger partial charge is 0.372 e. The monoisotopic (exact) mass is 185 g/mol. The van der Waals surface area contributed by atoms with Crippen molar-refractivity contribution < 1.29 is 0 Å².